The van der Waals surface area contributed by atoms with Gasteiger partial charge in [0.2, 0.25) is 0 Å². The zero-order valence-corrected chi connectivity index (χ0v) is 12.6. The summed E-state index contributed by atoms with van der Waals surface area (Å²) < 4.78 is 12.6. The van der Waals surface area contributed by atoms with Crippen molar-refractivity contribution in [1.82, 2.24) is 4.98 Å². The van der Waals surface area contributed by atoms with E-state index in [0.717, 1.165) is 9.94 Å². The SMILES string of the molecule is CC1(C)OB(c2cncc(Br)c2Cl)OC1(C)C. The molecular formula is C11H14BBrClNO2. The van der Waals surface area contributed by atoms with Crippen LogP contribution in [0.15, 0.2) is 16.9 Å². The number of hydrogen-bond acceptors (Lipinski definition) is 3. The molecule has 17 heavy (non-hydrogen) atoms. The van der Waals surface area contributed by atoms with E-state index >= 15 is 0 Å². The summed E-state index contributed by atoms with van der Waals surface area (Å²) in [6.45, 7) is 8.03. The van der Waals surface area contributed by atoms with E-state index in [1.807, 2.05) is 27.7 Å². The van der Waals surface area contributed by atoms with Crippen LogP contribution in [0.2, 0.25) is 5.02 Å². The highest BCUT2D eigenvalue weighted by Crippen LogP contribution is 2.37. The first-order valence-electron chi connectivity index (χ1n) is 5.39. The molecule has 0 unspecified atom stereocenters. The van der Waals surface area contributed by atoms with Gasteiger partial charge in [-0.05, 0) is 43.6 Å². The molecule has 0 atom stereocenters. The average molecular weight is 318 g/mol. The molecule has 2 rings (SSSR count). The van der Waals surface area contributed by atoms with Gasteiger partial charge in [0.15, 0.2) is 0 Å². The Bertz CT molecular complexity index is 437. The average Bonchev–Trinajstić information content (AvgIpc) is 2.40. The maximum absolute atomic E-state index is 6.21. The van der Waals surface area contributed by atoms with Crippen molar-refractivity contribution in [3.05, 3.63) is 21.9 Å². The number of hydrogen-bond donors (Lipinski definition) is 0. The van der Waals surface area contributed by atoms with Gasteiger partial charge in [-0.15, -0.1) is 0 Å². The number of aromatic nitrogens is 1. The lowest BCUT2D eigenvalue weighted by Crippen LogP contribution is -2.41. The highest BCUT2D eigenvalue weighted by atomic mass is 79.9. The molecule has 0 aliphatic carbocycles. The summed E-state index contributed by atoms with van der Waals surface area (Å²) in [6.07, 6.45) is 3.33. The second-order valence-corrected chi connectivity index (χ2v) is 6.35. The molecule has 0 saturated carbocycles. The lowest BCUT2D eigenvalue weighted by Gasteiger charge is -2.32. The van der Waals surface area contributed by atoms with Gasteiger partial charge in [-0.3, -0.25) is 4.98 Å². The van der Waals surface area contributed by atoms with Crippen LogP contribution in [0.5, 0.6) is 0 Å². The first kappa shape index (κ1) is 13.3. The maximum Gasteiger partial charge on any atom is 0.498 e. The largest absolute Gasteiger partial charge is 0.498 e. The molecule has 0 amide bonds. The molecule has 1 aliphatic rings. The molecule has 0 bridgehead atoms. The molecule has 0 N–H and O–H groups in total. The summed E-state index contributed by atoms with van der Waals surface area (Å²) in [5.41, 5.74) is 0.00629. The van der Waals surface area contributed by atoms with Crippen molar-refractivity contribution in [2.24, 2.45) is 0 Å². The highest BCUT2D eigenvalue weighted by molar-refractivity contribution is 9.10. The van der Waals surface area contributed by atoms with Crippen molar-refractivity contribution in [3.8, 4) is 0 Å². The lowest BCUT2D eigenvalue weighted by molar-refractivity contribution is 0.00578. The van der Waals surface area contributed by atoms with Gasteiger partial charge in [0.25, 0.3) is 0 Å². The fourth-order valence-corrected chi connectivity index (χ4v) is 2.10. The van der Waals surface area contributed by atoms with Crippen LogP contribution in [0.25, 0.3) is 0 Å². The summed E-state index contributed by atoms with van der Waals surface area (Å²) in [5.74, 6) is 0. The number of nitrogens with zero attached hydrogens (tertiary/aromatic N) is 1. The molecule has 0 spiro atoms. The molecule has 0 radical (unpaired) electrons. The molecule has 92 valence electrons. The zero-order chi connectivity index (χ0) is 12.8. The summed E-state index contributed by atoms with van der Waals surface area (Å²) in [4.78, 5) is 4.09. The molecular weight excluding hydrogens is 304 g/mol. The van der Waals surface area contributed by atoms with Crippen LogP contribution in [-0.2, 0) is 9.31 Å². The van der Waals surface area contributed by atoms with Gasteiger partial charge in [0, 0.05) is 17.9 Å². The minimum absolute atomic E-state index is 0.372. The molecule has 1 saturated heterocycles. The summed E-state index contributed by atoms with van der Waals surface area (Å²) in [7, 11) is -0.475. The van der Waals surface area contributed by atoms with Crippen molar-refractivity contribution in [1.29, 1.82) is 0 Å². The molecule has 1 fully saturated rings. The highest BCUT2D eigenvalue weighted by Gasteiger charge is 2.52. The second-order valence-electron chi connectivity index (χ2n) is 5.11. The minimum atomic E-state index is -0.475. The normalized spacial score (nSPS) is 21.9. The Hall–Kier alpha value is -0.0951. The molecule has 3 nitrogen and oxygen atoms in total. The Morgan fingerprint density at radius 2 is 1.71 bits per heavy atom. The second kappa shape index (κ2) is 4.23. The van der Waals surface area contributed by atoms with E-state index in [9.17, 15) is 0 Å². The maximum atomic E-state index is 6.21. The van der Waals surface area contributed by atoms with E-state index < -0.39 is 7.12 Å². The summed E-state index contributed by atoms with van der Waals surface area (Å²) in [5, 5.41) is 0.582. The number of pyridine rings is 1. The van der Waals surface area contributed by atoms with Gasteiger partial charge < -0.3 is 9.31 Å². The Balaban J connectivity index is 2.36. The van der Waals surface area contributed by atoms with E-state index in [4.69, 9.17) is 20.9 Å². The van der Waals surface area contributed by atoms with Crippen LogP contribution in [0.1, 0.15) is 27.7 Å². The van der Waals surface area contributed by atoms with Gasteiger partial charge in [-0.25, -0.2) is 0 Å². The molecule has 1 aromatic rings. The van der Waals surface area contributed by atoms with Crippen molar-refractivity contribution >= 4 is 40.1 Å². The first-order valence-corrected chi connectivity index (χ1v) is 6.56. The minimum Gasteiger partial charge on any atom is -0.399 e. The van der Waals surface area contributed by atoms with Crippen LogP contribution in [0.3, 0.4) is 0 Å². The summed E-state index contributed by atoms with van der Waals surface area (Å²) >= 11 is 9.56. The van der Waals surface area contributed by atoms with Crippen molar-refractivity contribution in [2.75, 3.05) is 0 Å². The first-order chi connectivity index (χ1) is 7.74. The van der Waals surface area contributed by atoms with Crippen LogP contribution in [0.4, 0.5) is 0 Å². The van der Waals surface area contributed by atoms with Crippen molar-refractivity contribution in [2.45, 2.75) is 38.9 Å². The molecule has 6 heteroatoms. The van der Waals surface area contributed by atoms with Crippen LogP contribution < -0.4 is 5.46 Å². The third-order valence-electron chi connectivity index (χ3n) is 3.37. The van der Waals surface area contributed by atoms with Gasteiger partial charge in [-0.2, -0.15) is 0 Å². The van der Waals surface area contributed by atoms with Gasteiger partial charge in [0.1, 0.15) is 0 Å². The van der Waals surface area contributed by atoms with E-state index in [1.54, 1.807) is 12.4 Å². The fraction of sp³-hybridized carbons (Fsp3) is 0.545. The molecule has 0 aromatic carbocycles. The van der Waals surface area contributed by atoms with Gasteiger partial charge in [-0.1, -0.05) is 11.6 Å². The van der Waals surface area contributed by atoms with E-state index in [2.05, 4.69) is 20.9 Å². The van der Waals surface area contributed by atoms with Crippen LogP contribution >= 0.6 is 27.5 Å². The zero-order valence-electron chi connectivity index (χ0n) is 10.3. The molecule has 2 heterocycles. The predicted octanol–water partition coefficient (Wildman–Crippen LogP) is 2.80. The standard InChI is InChI=1S/C11H14BBrClNO2/c1-10(2)11(3,4)17-12(16-10)7-5-15-6-8(13)9(7)14/h5-6H,1-4H3. The third-order valence-corrected chi connectivity index (χ3v) is 4.62. The quantitative estimate of drug-likeness (QED) is 0.746. The summed E-state index contributed by atoms with van der Waals surface area (Å²) in [6, 6.07) is 0. The fourth-order valence-electron chi connectivity index (χ4n) is 1.57. The van der Waals surface area contributed by atoms with Gasteiger partial charge >= 0.3 is 7.12 Å². The third kappa shape index (κ3) is 2.26. The molecule has 1 aromatic heterocycles. The Morgan fingerprint density at radius 3 is 2.24 bits per heavy atom. The van der Waals surface area contributed by atoms with E-state index in [0.29, 0.717) is 5.02 Å². The molecule has 1 aliphatic heterocycles. The topological polar surface area (TPSA) is 31.4 Å². The lowest BCUT2D eigenvalue weighted by atomic mass is 9.80. The van der Waals surface area contributed by atoms with E-state index in [1.165, 1.54) is 0 Å². The number of halogens is 2. The predicted molar refractivity (Wildman–Crippen MR) is 72.7 cm³/mol. The Labute approximate surface area is 115 Å². The number of rotatable bonds is 1. The van der Waals surface area contributed by atoms with Gasteiger partial charge in [0.05, 0.1) is 20.7 Å². The van der Waals surface area contributed by atoms with Crippen molar-refractivity contribution in [3.63, 3.8) is 0 Å². The smallest absolute Gasteiger partial charge is 0.399 e. The van der Waals surface area contributed by atoms with Crippen LogP contribution in [0, 0.1) is 0 Å². The van der Waals surface area contributed by atoms with Crippen LogP contribution in [-0.4, -0.2) is 23.3 Å². The monoisotopic (exact) mass is 317 g/mol. The van der Waals surface area contributed by atoms with E-state index in [-0.39, 0.29) is 11.2 Å². The van der Waals surface area contributed by atoms with Crippen molar-refractivity contribution < 1.29 is 9.31 Å². The Morgan fingerprint density at radius 1 is 1.18 bits per heavy atom. The Kier molecular flexibility index (Phi) is 3.32.